The Morgan fingerprint density at radius 1 is 1.39 bits per heavy atom. The average Bonchev–Trinajstić information content (AvgIpc) is 2.58. The van der Waals surface area contributed by atoms with Gasteiger partial charge in [-0.15, -0.1) is 0 Å². The largest absolute Gasteiger partial charge is 0.385 e. The van der Waals surface area contributed by atoms with Gasteiger partial charge in [-0.2, -0.15) is 0 Å². The Kier molecular flexibility index (Phi) is 5.66. The monoisotopic (exact) mass is 253 g/mol. The van der Waals surface area contributed by atoms with Crippen LogP contribution in [-0.4, -0.2) is 29.8 Å². The minimum absolute atomic E-state index is 0.357. The summed E-state index contributed by atoms with van der Waals surface area (Å²) in [6, 6.07) is 0. The van der Waals surface area contributed by atoms with E-state index in [2.05, 4.69) is 41.8 Å². The fourth-order valence-electron chi connectivity index (χ4n) is 1.79. The van der Waals surface area contributed by atoms with Crippen LogP contribution in [0.3, 0.4) is 0 Å². The van der Waals surface area contributed by atoms with E-state index in [4.69, 9.17) is 4.74 Å². The summed E-state index contributed by atoms with van der Waals surface area (Å²) in [5, 5.41) is 3.43. The predicted octanol–water partition coefficient (Wildman–Crippen LogP) is 3.08. The lowest BCUT2D eigenvalue weighted by Gasteiger charge is -2.18. The van der Waals surface area contributed by atoms with E-state index in [1.165, 1.54) is 0 Å². The zero-order valence-electron chi connectivity index (χ0n) is 12.4. The van der Waals surface area contributed by atoms with Crippen LogP contribution < -0.4 is 5.32 Å². The molecule has 4 nitrogen and oxygen atoms in total. The summed E-state index contributed by atoms with van der Waals surface area (Å²) in [5.41, 5.74) is 1.42. The Morgan fingerprint density at radius 2 is 2.11 bits per heavy atom. The lowest BCUT2D eigenvalue weighted by molar-refractivity contribution is 0.190. The number of ether oxygens (including phenoxy) is 1. The maximum Gasteiger partial charge on any atom is 0.203 e. The van der Waals surface area contributed by atoms with Crippen molar-refractivity contribution in [2.24, 2.45) is 5.41 Å². The lowest BCUT2D eigenvalue weighted by Crippen LogP contribution is -2.15. The van der Waals surface area contributed by atoms with E-state index in [-0.39, 0.29) is 0 Å². The summed E-state index contributed by atoms with van der Waals surface area (Å²) in [6.07, 6.45) is 4.24. The van der Waals surface area contributed by atoms with Gasteiger partial charge in [-0.05, 0) is 25.2 Å². The first-order chi connectivity index (χ1) is 8.42. The smallest absolute Gasteiger partial charge is 0.203 e. The van der Waals surface area contributed by atoms with Crippen molar-refractivity contribution in [3.8, 4) is 0 Å². The summed E-state index contributed by atoms with van der Waals surface area (Å²) in [5.74, 6) is 0.979. The highest BCUT2D eigenvalue weighted by Gasteiger charge is 2.10. The molecule has 1 heterocycles. The summed E-state index contributed by atoms with van der Waals surface area (Å²) in [7, 11) is 1.74. The van der Waals surface area contributed by atoms with E-state index in [0.717, 1.165) is 44.2 Å². The normalized spacial score (nSPS) is 11.8. The summed E-state index contributed by atoms with van der Waals surface area (Å²) in [6.45, 7) is 11.5. The number of nitrogens with zero attached hydrogens (tertiary/aromatic N) is 2. The van der Waals surface area contributed by atoms with Crippen LogP contribution in [0.4, 0.5) is 5.95 Å². The second-order valence-electron chi connectivity index (χ2n) is 5.98. The van der Waals surface area contributed by atoms with Gasteiger partial charge in [0.05, 0.1) is 5.69 Å². The highest BCUT2D eigenvalue weighted by molar-refractivity contribution is 5.28. The minimum Gasteiger partial charge on any atom is -0.385 e. The van der Waals surface area contributed by atoms with Crippen molar-refractivity contribution in [1.29, 1.82) is 0 Å². The fourth-order valence-corrected chi connectivity index (χ4v) is 1.79. The van der Waals surface area contributed by atoms with Gasteiger partial charge in [0.2, 0.25) is 5.95 Å². The van der Waals surface area contributed by atoms with Gasteiger partial charge < -0.3 is 14.6 Å². The number of nitrogens with one attached hydrogen (secondary N) is 1. The number of aryl methyl sites for hydroxylation is 2. The molecular weight excluding hydrogens is 226 g/mol. The third-order valence-corrected chi connectivity index (χ3v) is 2.80. The number of hydrogen-bond acceptors (Lipinski definition) is 3. The highest BCUT2D eigenvalue weighted by atomic mass is 16.5. The number of anilines is 1. The molecule has 18 heavy (non-hydrogen) atoms. The SMILES string of the molecule is COCCCn1cc(C)nc1NCCC(C)(C)C. The molecule has 1 aromatic rings. The molecule has 4 heteroatoms. The quantitative estimate of drug-likeness (QED) is 0.759. The van der Waals surface area contributed by atoms with Gasteiger partial charge in [-0.1, -0.05) is 20.8 Å². The molecule has 0 radical (unpaired) electrons. The second-order valence-corrected chi connectivity index (χ2v) is 5.98. The van der Waals surface area contributed by atoms with Crippen LogP contribution in [0.15, 0.2) is 6.20 Å². The van der Waals surface area contributed by atoms with Crippen molar-refractivity contribution in [1.82, 2.24) is 9.55 Å². The second kappa shape index (κ2) is 6.78. The van der Waals surface area contributed by atoms with E-state index in [0.29, 0.717) is 5.41 Å². The molecule has 0 unspecified atom stereocenters. The Bertz CT molecular complexity index is 352. The van der Waals surface area contributed by atoms with E-state index in [1.54, 1.807) is 7.11 Å². The highest BCUT2D eigenvalue weighted by Crippen LogP contribution is 2.18. The topological polar surface area (TPSA) is 39.1 Å². The van der Waals surface area contributed by atoms with Crippen LogP contribution in [0, 0.1) is 12.3 Å². The Balaban J connectivity index is 2.48. The Hall–Kier alpha value is -1.03. The van der Waals surface area contributed by atoms with Crippen LogP contribution in [-0.2, 0) is 11.3 Å². The number of imidazole rings is 1. The van der Waals surface area contributed by atoms with Gasteiger partial charge >= 0.3 is 0 Å². The third kappa shape index (κ3) is 5.54. The first-order valence-corrected chi connectivity index (χ1v) is 6.69. The molecule has 0 aliphatic carbocycles. The van der Waals surface area contributed by atoms with Crippen molar-refractivity contribution < 1.29 is 4.74 Å². The van der Waals surface area contributed by atoms with Gasteiger partial charge in [0.25, 0.3) is 0 Å². The zero-order valence-corrected chi connectivity index (χ0v) is 12.4. The Morgan fingerprint density at radius 3 is 2.72 bits per heavy atom. The van der Waals surface area contributed by atoms with Crippen molar-refractivity contribution in [2.75, 3.05) is 25.6 Å². The molecule has 0 saturated heterocycles. The van der Waals surface area contributed by atoms with Crippen LogP contribution >= 0.6 is 0 Å². The van der Waals surface area contributed by atoms with E-state index in [9.17, 15) is 0 Å². The standard InChI is InChI=1S/C14H27N3O/c1-12-11-17(9-6-10-18-5)13(16-12)15-8-7-14(2,3)4/h11H,6-10H2,1-5H3,(H,15,16). The zero-order chi connectivity index (χ0) is 13.6. The molecule has 0 aliphatic heterocycles. The van der Waals surface area contributed by atoms with E-state index >= 15 is 0 Å². The average molecular weight is 253 g/mol. The summed E-state index contributed by atoms with van der Waals surface area (Å²) >= 11 is 0. The molecule has 0 atom stereocenters. The van der Waals surface area contributed by atoms with Crippen molar-refractivity contribution in [3.05, 3.63) is 11.9 Å². The van der Waals surface area contributed by atoms with Gasteiger partial charge in [0.1, 0.15) is 0 Å². The fraction of sp³-hybridized carbons (Fsp3) is 0.786. The van der Waals surface area contributed by atoms with Crippen LogP contribution in [0.2, 0.25) is 0 Å². The Labute approximate surface area is 111 Å². The van der Waals surface area contributed by atoms with Gasteiger partial charge in [0, 0.05) is 33.0 Å². The van der Waals surface area contributed by atoms with Crippen molar-refractivity contribution in [2.45, 2.75) is 47.1 Å². The molecule has 1 N–H and O–H groups in total. The van der Waals surface area contributed by atoms with Crippen LogP contribution in [0.1, 0.15) is 39.3 Å². The minimum atomic E-state index is 0.357. The lowest BCUT2D eigenvalue weighted by atomic mass is 9.92. The molecule has 0 amide bonds. The van der Waals surface area contributed by atoms with Crippen molar-refractivity contribution >= 4 is 5.95 Å². The molecule has 0 spiro atoms. The first-order valence-electron chi connectivity index (χ1n) is 6.69. The molecule has 0 aliphatic rings. The number of hydrogen-bond donors (Lipinski definition) is 1. The maximum atomic E-state index is 5.08. The summed E-state index contributed by atoms with van der Waals surface area (Å²) in [4.78, 5) is 4.52. The van der Waals surface area contributed by atoms with E-state index < -0.39 is 0 Å². The molecule has 1 rings (SSSR count). The molecule has 0 aromatic carbocycles. The van der Waals surface area contributed by atoms with Gasteiger partial charge in [-0.3, -0.25) is 0 Å². The van der Waals surface area contributed by atoms with Crippen molar-refractivity contribution in [3.63, 3.8) is 0 Å². The number of rotatable bonds is 7. The third-order valence-electron chi connectivity index (χ3n) is 2.80. The van der Waals surface area contributed by atoms with E-state index in [1.807, 2.05) is 6.92 Å². The van der Waals surface area contributed by atoms with Crippen LogP contribution in [0.25, 0.3) is 0 Å². The molecule has 0 bridgehead atoms. The summed E-state index contributed by atoms with van der Waals surface area (Å²) < 4.78 is 7.26. The predicted molar refractivity (Wildman–Crippen MR) is 76.0 cm³/mol. The molecular formula is C14H27N3O. The number of methoxy groups -OCH3 is 1. The first kappa shape index (κ1) is 15.0. The maximum absolute atomic E-state index is 5.08. The molecule has 0 fully saturated rings. The molecule has 104 valence electrons. The van der Waals surface area contributed by atoms with Gasteiger partial charge in [0.15, 0.2) is 0 Å². The molecule has 1 aromatic heterocycles. The van der Waals surface area contributed by atoms with Gasteiger partial charge in [-0.25, -0.2) is 4.98 Å². The number of aromatic nitrogens is 2. The van der Waals surface area contributed by atoms with Crippen LogP contribution in [0.5, 0.6) is 0 Å². The molecule has 0 saturated carbocycles.